The van der Waals surface area contributed by atoms with Gasteiger partial charge in [-0.3, -0.25) is 9.69 Å². The summed E-state index contributed by atoms with van der Waals surface area (Å²) < 4.78 is 21.6. The van der Waals surface area contributed by atoms with Crippen molar-refractivity contribution in [2.75, 3.05) is 68.4 Å². The number of halogens is 1. The normalized spacial score (nSPS) is 15.0. The number of furan rings is 1. The Kier molecular flexibility index (Phi) is 7.86. The molecule has 1 saturated heterocycles. The molecule has 3 aromatic heterocycles. The van der Waals surface area contributed by atoms with Crippen LogP contribution in [-0.2, 0) is 0 Å². The number of amides is 1. The molecule has 13 nitrogen and oxygen atoms in total. The number of nitrogens with two attached hydrogens (primary N) is 1. The van der Waals surface area contributed by atoms with Crippen LogP contribution in [-0.4, -0.2) is 99.1 Å². The number of hydrogen-bond donors (Lipinski definition) is 5. The Morgan fingerprint density at radius 3 is 2.72 bits per heavy atom. The number of rotatable bonds is 10. The number of benzene rings is 1. The lowest BCUT2D eigenvalue weighted by molar-refractivity contribution is 0.0801. The summed E-state index contributed by atoms with van der Waals surface area (Å²) in [6.07, 6.45) is 0.515. The highest BCUT2D eigenvalue weighted by molar-refractivity contribution is 5.94. The molecule has 4 heterocycles. The van der Waals surface area contributed by atoms with Crippen molar-refractivity contribution in [1.82, 2.24) is 29.8 Å². The summed E-state index contributed by atoms with van der Waals surface area (Å²) in [4.78, 5) is 25.1. The van der Waals surface area contributed by atoms with Crippen molar-refractivity contribution in [3.05, 3.63) is 54.0 Å². The van der Waals surface area contributed by atoms with Gasteiger partial charge in [-0.05, 0) is 30.3 Å². The molecule has 1 aliphatic rings. The summed E-state index contributed by atoms with van der Waals surface area (Å²) in [7, 11) is 0. The minimum absolute atomic E-state index is 0.111. The van der Waals surface area contributed by atoms with E-state index in [4.69, 9.17) is 15.3 Å². The first-order valence-corrected chi connectivity index (χ1v) is 12.6. The molecule has 0 radical (unpaired) electrons. The third kappa shape index (κ3) is 6.08. The maximum absolute atomic E-state index is 14.8. The number of nitrogens with one attached hydrogen (secondary N) is 2. The monoisotopic (exact) mass is 539 g/mol. The van der Waals surface area contributed by atoms with Gasteiger partial charge in [0.2, 0.25) is 11.9 Å². The second-order valence-corrected chi connectivity index (χ2v) is 9.15. The SMILES string of the molecule is Nc1nc(NCCN2CCN(c3ccc(C(=O)NCC(O)CO)cc3F)CC2)nc2cc(-c3ccco3)nn12. The maximum Gasteiger partial charge on any atom is 0.251 e. The number of anilines is 3. The zero-order chi connectivity index (χ0) is 27.4. The van der Waals surface area contributed by atoms with Crippen molar-refractivity contribution in [2.24, 2.45) is 0 Å². The molecule has 5 rings (SSSR count). The molecule has 1 fully saturated rings. The van der Waals surface area contributed by atoms with Crippen LogP contribution < -0.4 is 21.3 Å². The molecule has 206 valence electrons. The first-order valence-electron chi connectivity index (χ1n) is 12.6. The van der Waals surface area contributed by atoms with Crippen LogP contribution in [0.5, 0.6) is 0 Å². The van der Waals surface area contributed by atoms with Crippen molar-refractivity contribution in [3.63, 3.8) is 0 Å². The fraction of sp³-hybridized carbons (Fsp3) is 0.360. The van der Waals surface area contributed by atoms with Crippen LogP contribution in [0.1, 0.15) is 10.4 Å². The standard InChI is InChI=1S/C25H30FN9O4/c26-18-12-16(23(38)29-14-17(37)15-36)3-4-20(18)34-9-7-33(8-10-34)6-5-28-25-30-22-13-19(21-2-1-11-39-21)32-35(22)24(27)31-25/h1-4,11-13,17,36-37H,5-10,14-15H2,(H,29,38)(H3,27,28,30,31). The molecule has 4 aromatic rings. The topological polar surface area (TPSA) is 170 Å². The van der Waals surface area contributed by atoms with Gasteiger partial charge >= 0.3 is 0 Å². The number of aliphatic hydroxyl groups is 2. The smallest absolute Gasteiger partial charge is 0.251 e. The van der Waals surface area contributed by atoms with Gasteiger partial charge in [0.25, 0.3) is 5.91 Å². The summed E-state index contributed by atoms with van der Waals surface area (Å²) in [6, 6.07) is 9.70. The number of carbonyl (C=O) groups excluding carboxylic acids is 1. The molecule has 1 aliphatic heterocycles. The van der Waals surface area contributed by atoms with Crippen LogP contribution >= 0.6 is 0 Å². The van der Waals surface area contributed by atoms with Gasteiger partial charge in [0.1, 0.15) is 11.5 Å². The van der Waals surface area contributed by atoms with Crippen LogP contribution in [0.4, 0.5) is 22.0 Å². The van der Waals surface area contributed by atoms with E-state index in [0.717, 1.165) is 19.6 Å². The van der Waals surface area contributed by atoms with Gasteiger partial charge in [0.15, 0.2) is 11.4 Å². The maximum atomic E-state index is 14.8. The largest absolute Gasteiger partial charge is 0.463 e. The van der Waals surface area contributed by atoms with Gasteiger partial charge in [0, 0.05) is 57.4 Å². The molecule has 0 saturated carbocycles. The molecule has 39 heavy (non-hydrogen) atoms. The van der Waals surface area contributed by atoms with E-state index in [-0.39, 0.29) is 18.1 Å². The average molecular weight is 540 g/mol. The number of hydrogen-bond acceptors (Lipinski definition) is 11. The van der Waals surface area contributed by atoms with E-state index >= 15 is 0 Å². The summed E-state index contributed by atoms with van der Waals surface area (Å²) >= 11 is 0. The zero-order valence-electron chi connectivity index (χ0n) is 21.1. The second-order valence-electron chi connectivity index (χ2n) is 9.15. The van der Waals surface area contributed by atoms with Crippen LogP contribution in [0.25, 0.3) is 17.1 Å². The van der Waals surface area contributed by atoms with Crippen molar-refractivity contribution >= 4 is 29.1 Å². The Hall–Kier alpha value is -4.27. The highest BCUT2D eigenvalue weighted by Crippen LogP contribution is 2.23. The predicted octanol–water partition coefficient (Wildman–Crippen LogP) is 0.423. The predicted molar refractivity (Wildman–Crippen MR) is 142 cm³/mol. The van der Waals surface area contributed by atoms with Crippen molar-refractivity contribution in [2.45, 2.75) is 6.10 Å². The molecule has 0 spiro atoms. The molecule has 0 bridgehead atoms. The third-order valence-corrected chi connectivity index (χ3v) is 6.47. The first kappa shape index (κ1) is 26.3. The highest BCUT2D eigenvalue weighted by atomic mass is 19.1. The summed E-state index contributed by atoms with van der Waals surface area (Å²) in [6.45, 7) is 3.49. The Bertz CT molecular complexity index is 1420. The van der Waals surface area contributed by atoms with E-state index in [1.807, 2.05) is 4.90 Å². The van der Waals surface area contributed by atoms with E-state index in [9.17, 15) is 14.3 Å². The van der Waals surface area contributed by atoms with E-state index in [2.05, 4.69) is 30.6 Å². The molecular formula is C25H30FN9O4. The number of nitrogens with zero attached hydrogens (tertiary/aromatic N) is 6. The van der Waals surface area contributed by atoms with Crippen LogP contribution in [0.2, 0.25) is 0 Å². The van der Waals surface area contributed by atoms with Gasteiger partial charge in [-0.15, -0.1) is 0 Å². The molecule has 0 aliphatic carbocycles. The molecule has 1 amide bonds. The van der Waals surface area contributed by atoms with Crippen molar-refractivity contribution in [1.29, 1.82) is 0 Å². The van der Waals surface area contributed by atoms with E-state index in [0.29, 0.717) is 48.4 Å². The Balaban J connectivity index is 1.11. The van der Waals surface area contributed by atoms with Crippen molar-refractivity contribution < 1.29 is 23.8 Å². The molecule has 1 atom stereocenters. The first-order chi connectivity index (χ1) is 18.9. The number of nitrogen functional groups attached to an aromatic ring is 1. The lowest BCUT2D eigenvalue weighted by atomic mass is 10.1. The Morgan fingerprint density at radius 2 is 2.00 bits per heavy atom. The van der Waals surface area contributed by atoms with E-state index in [1.165, 1.54) is 10.6 Å². The number of piperazine rings is 1. The number of aromatic nitrogens is 4. The van der Waals surface area contributed by atoms with E-state index < -0.39 is 24.4 Å². The van der Waals surface area contributed by atoms with Gasteiger partial charge in [-0.25, -0.2) is 4.39 Å². The van der Waals surface area contributed by atoms with Gasteiger partial charge in [-0.1, -0.05) is 0 Å². The molecule has 14 heteroatoms. The Morgan fingerprint density at radius 1 is 1.18 bits per heavy atom. The Labute approximate surface area is 223 Å². The summed E-state index contributed by atoms with van der Waals surface area (Å²) in [5, 5.41) is 28.3. The van der Waals surface area contributed by atoms with Gasteiger partial charge < -0.3 is 35.9 Å². The van der Waals surface area contributed by atoms with Crippen LogP contribution in [0, 0.1) is 5.82 Å². The number of fused-ring (bicyclic) bond motifs is 1. The lowest BCUT2D eigenvalue weighted by Gasteiger charge is -2.36. The fourth-order valence-corrected chi connectivity index (χ4v) is 4.35. The molecule has 1 unspecified atom stereocenters. The van der Waals surface area contributed by atoms with Gasteiger partial charge in [-0.2, -0.15) is 19.6 Å². The van der Waals surface area contributed by atoms with E-state index in [1.54, 1.807) is 36.6 Å². The minimum atomic E-state index is -1.06. The van der Waals surface area contributed by atoms with Crippen molar-refractivity contribution in [3.8, 4) is 11.5 Å². The second kappa shape index (κ2) is 11.6. The van der Waals surface area contributed by atoms with Gasteiger partial charge in [0.05, 0.1) is 24.7 Å². The molecule has 6 N–H and O–H groups in total. The average Bonchev–Trinajstić information content (AvgIpc) is 3.63. The minimum Gasteiger partial charge on any atom is -0.463 e. The van der Waals surface area contributed by atoms with Crippen LogP contribution in [0.15, 0.2) is 47.1 Å². The summed E-state index contributed by atoms with van der Waals surface area (Å²) in [5.41, 5.74) is 7.83. The van der Waals surface area contributed by atoms with Crippen LogP contribution in [0.3, 0.4) is 0 Å². The fourth-order valence-electron chi connectivity index (χ4n) is 4.35. The molecule has 1 aromatic carbocycles. The highest BCUT2D eigenvalue weighted by Gasteiger charge is 2.21. The zero-order valence-corrected chi connectivity index (χ0v) is 21.1. The quantitative estimate of drug-likeness (QED) is 0.189. The third-order valence-electron chi connectivity index (χ3n) is 6.47. The number of aliphatic hydroxyl groups excluding tert-OH is 2. The number of carbonyl (C=O) groups is 1. The summed E-state index contributed by atoms with van der Waals surface area (Å²) in [5.74, 6) is 0.232. The lowest BCUT2D eigenvalue weighted by Crippen LogP contribution is -2.48. The molecular weight excluding hydrogens is 509 g/mol.